The Balaban J connectivity index is 2.52. The highest BCUT2D eigenvalue weighted by molar-refractivity contribution is 5.78. The molecule has 3 nitrogen and oxygen atoms in total. The molecule has 0 aliphatic rings. The smallest absolute Gasteiger partial charge is 0.189 e. The Bertz CT molecular complexity index is 358. The average molecular weight is 219 g/mol. The van der Waals surface area contributed by atoms with E-state index >= 15 is 0 Å². The molecular weight excluding hydrogens is 198 g/mol. The normalized spacial score (nSPS) is 13.6. The van der Waals surface area contributed by atoms with Gasteiger partial charge in [0, 0.05) is 6.04 Å². The van der Waals surface area contributed by atoms with E-state index in [4.69, 9.17) is 5.73 Å². The maximum Gasteiger partial charge on any atom is 0.189 e. The molecule has 1 atom stereocenters. The first-order valence-corrected chi connectivity index (χ1v) is 5.73. The van der Waals surface area contributed by atoms with E-state index < -0.39 is 0 Å². The van der Waals surface area contributed by atoms with Crippen molar-refractivity contribution in [1.29, 1.82) is 0 Å². The fraction of sp³-hybridized carbons (Fsp3) is 0.462. The maximum atomic E-state index is 5.77. The first-order valence-electron chi connectivity index (χ1n) is 5.73. The van der Waals surface area contributed by atoms with Gasteiger partial charge >= 0.3 is 0 Å². The van der Waals surface area contributed by atoms with Crippen molar-refractivity contribution in [3.05, 3.63) is 35.4 Å². The van der Waals surface area contributed by atoms with E-state index in [1.165, 1.54) is 11.1 Å². The van der Waals surface area contributed by atoms with E-state index in [1.54, 1.807) is 0 Å². The van der Waals surface area contributed by atoms with Gasteiger partial charge in [-0.2, -0.15) is 0 Å². The number of hydrogen-bond donors (Lipinski definition) is 2. The minimum Gasteiger partial charge on any atom is -0.370 e. The third-order valence-electron chi connectivity index (χ3n) is 2.52. The number of hydrogen-bond acceptors (Lipinski definition) is 1. The number of nitrogens with two attached hydrogens (primary N) is 1. The van der Waals surface area contributed by atoms with Crippen LogP contribution in [0.25, 0.3) is 0 Å². The molecule has 1 aromatic carbocycles. The first-order chi connectivity index (χ1) is 7.61. The van der Waals surface area contributed by atoms with Crippen molar-refractivity contribution in [3.63, 3.8) is 0 Å². The molecule has 0 fully saturated rings. The van der Waals surface area contributed by atoms with Crippen molar-refractivity contribution in [3.8, 4) is 0 Å². The predicted octanol–water partition coefficient (Wildman–Crippen LogP) is 2.20. The largest absolute Gasteiger partial charge is 0.370 e. The van der Waals surface area contributed by atoms with Crippen LogP contribution in [-0.4, -0.2) is 12.0 Å². The molecule has 3 heteroatoms. The lowest BCUT2D eigenvalue weighted by molar-refractivity contribution is 0.636. The summed E-state index contributed by atoms with van der Waals surface area (Å²) in [5.74, 6) is 0.524. The van der Waals surface area contributed by atoms with Crippen LogP contribution in [0.1, 0.15) is 31.4 Å². The van der Waals surface area contributed by atoms with Gasteiger partial charge in [0.25, 0.3) is 0 Å². The fourth-order valence-corrected chi connectivity index (χ4v) is 1.39. The highest BCUT2D eigenvalue weighted by atomic mass is 15.1. The van der Waals surface area contributed by atoms with Gasteiger partial charge in [-0.1, -0.05) is 36.8 Å². The molecule has 0 radical (unpaired) electrons. The van der Waals surface area contributed by atoms with Crippen LogP contribution in [0.15, 0.2) is 29.3 Å². The molecule has 0 aliphatic carbocycles. The second kappa shape index (κ2) is 6.16. The number of nitrogens with one attached hydrogen (secondary N) is 1. The second-order valence-corrected chi connectivity index (χ2v) is 4.14. The molecule has 3 N–H and O–H groups in total. The fourth-order valence-electron chi connectivity index (χ4n) is 1.39. The van der Waals surface area contributed by atoms with E-state index in [0.29, 0.717) is 18.5 Å². The molecule has 0 aromatic heterocycles. The topological polar surface area (TPSA) is 50.4 Å². The summed E-state index contributed by atoms with van der Waals surface area (Å²) in [7, 11) is 0. The summed E-state index contributed by atoms with van der Waals surface area (Å²) in [5, 5.41) is 3.14. The molecule has 0 saturated heterocycles. The Labute approximate surface area is 97.8 Å². The van der Waals surface area contributed by atoms with Gasteiger partial charge in [-0.3, -0.25) is 0 Å². The van der Waals surface area contributed by atoms with Crippen LogP contribution < -0.4 is 11.1 Å². The molecule has 0 heterocycles. The Morgan fingerprint density at radius 2 is 2.25 bits per heavy atom. The van der Waals surface area contributed by atoms with Crippen molar-refractivity contribution in [2.24, 2.45) is 10.7 Å². The Hall–Kier alpha value is -1.51. The number of rotatable bonds is 4. The van der Waals surface area contributed by atoms with Gasteiger partial charge in [0.15, 0.2) is 5.96 Å². The predicted molar refractivity (Wildman–Crippen MR) is 69.4 cm³/mol. The van der Waals surface area contributed by atoms with E-state index in [-0.39, 0.29) is 0 Å². The number of guanidine groups is 1. The molecule has 16 heavy (non-hydrogen) atoms. The van der Waals surface area contributed by atoms with E-state index in [0.717, 1.165) is 6.42 Å². The van der Waals surface area contributed by atoms with Gasteiger partial charge in [-0.25, -0.2) is 4.99 Å². The number of nitrogens with zero attached hydrogens (tertiary/aromatic N) is 1. The molecule has 0 spiro atoms. The first kappa shape index (κ1) is 12.6. The number of aryl methyl sites for hydroxylation is 1. The van der Waals surface area contributed by atoms with Crippen LogP contribution in [0.3, 0.4) is 0 Å². The monoisotopic (exact) mass is 219 g/mol. The third-order valence-corrected chi connectivity index (χ3v) is 2.52. The molecule has 1 rings (SSSR count). The van der Waals surface area contributed by atoms with Crippen LogP contribution in [0.5, 0.6) is 0 Å². The molecule has 0 saturated carbocycles. The highest BCUT2D eigenvalue weighted by Crippen LogP contribution is 2.04. The van der Waals surface area contributed by atoms with Gasteiger partial charge in [0.1, 0.15) is 0 Å². The van der Waals surface area contributed by atoms with Crippen molar-refractivity contribution < 1.29 is 0 Å². The van der Waals surface area contributed by atoms with Crippen molar-refractivity contribution in [2.75, 3.05) is 0 Å². The maximum absolute atomic E-state index is 5.77. The minimum atomic E-state index is 0.376. The summed E-state index contributed by atoms with van der Waals surface area (Å²) >= 11 is 0. The van der Waals surface area contributed by atoms with Gasteiger partial charge < -0.3 is 11.1 Å². The molecule has 1 unspecified atom stereocenters. The third kappa shape index (κ3) is 4.34. The van der Waals surface area contributed by atoms with Crippen LogP contribution in [-0.2, 0) is 6.54 Å². The van der Waals surface area contributed by atoms with Crippen molar-refractivity contribution >= 4 is 5.96 Å². The van der Waals surface area contributed by atoms with E-state index in [1.807, 2.05) is 6.07 Å². The summed E-state index contributed by atoms with van der Waals surface area (Å²) in [5.41, 5.74) is 8.21. The number of aliphatic imine (C=N–C) groups is 1. The highest BCUT2D eigenvalue weighted by Gasteiger charge is 1.98. The summed E-state index contributed by atoms with van der Waals surface area (Å²) in [4.78, 5) is 4.31. The van der Waals surface area contributed by atoms with Crippen molar-refractivity contribution in [1.82, 2.24) is 5.32 Å². The van der Waals surface area contributed by atoms with E-state index in [2.05, 4.69) is 49.3 Å². The zero-order valence-electron chi connectivity index (χ0n) is 10.3. The Morgan fingerprint density at radius 3 is 2.88 bits per heavy atom. The van der Waals surface area contributed by atoms with Gasteiger partial charge in [-0.05, 0) is 25.8 Å². The summed E-state index contributed by atoms with van der Waals surface area (Å²) < 4.78 is 0. The zero-order valence-corrected chi connectivity index (χ0v) is 10.3. The standard InChI is InChI=1S/C13H21N3/c1-4-11(3)16-13(14)15-9-12-7-5-6-10(2)8-12/h5-8,11H,4,9H2,1-3H3,(H3,14,15,16). The quantitative estimate of drug-likeness (QED) is 0.602. The molecule has 0 bridgehead atoms. The molecule has 0 aliphatic heterocycles. The lowest BCUT2D eigenvalue weighted by Crippen LogP contribution is -2.38. The van der Waals surface area contributed by atoms with Crippen LogP contribution in [0.4, 0.5) is 0 Å². The zero-order chi connectivity index (χ0) is 12.0. The molecule has 88 valence electrons. The lowest BCUT2D eigenvalue weighted by Gasteiger charge is -2.11. The summed E-state index contributed by atoms with van der Waals surface area (Å²) in [6.45, 7) is 6.92. The Kier molecular flexibility index (Phi) is 4.83. The van der Waals surface area contributed by atoms with Crippen molar-refractivity contribution in [2.45, 2.75) is 39.8 Å². The van der Waals surface area contributed by atoms with Crippen LogP contribution >= 0.6 is 0 Å². The van der Waals surface area contributed by atoms with Gasteiger partial charge in [0.2, 0.25) is 0 Å². The van der Waals surface area contributed by atoms with Gasteiger partial charge in [0.05, 0.1) is 6.54 Å². The lowest BCUT2D eigenvalue weighted by atomic mass is 10.1. The van der Waals surface area contributed by atoms with Gasteiger partial charge in [-0.15, -0.1) is 0 Å². The Morgan fingerprint density at radius 1 is 1.50 bits per heavy atom. The van der Waals surface area contributed by atoms with E-state index in [9.17, 15) is 0 Å². The van der Waals surface area contributed by atoms with Crippen LogP contribution in [0.2, 0.25) is 0 Å². The summed E-state index contributed by atoms with van der Waals surface area (Å²) in [6, 6.07) is 8.68. The minimum absolute atomic E-state index is 0.376. The number of benzene rings is 1. The SMILES string of the molecule is CCC(C)NC(N)=NCc1cccc(C)c1. The molecule has 0 amide bonds. The second-order valence-electron chi connectivity index (χ2n) is 4.14. The molecule has 1 aromatic rings. The average Bonchev–Trinajstić information content (AvgIpc) is 2.26. The van der Waals surface area contributed by atoms with Crippen LogP contribution in [0, 0.1) is 6.92 Å². The molecular formula is C13H21N3. The summed E-state index contributed by atoms with van der Waals surface area (Å²) in [6.07, 6.45) is 1.04.